The van der Waals surface area contributed by atoms with Crippen molar-refractivity contribution in [2.24, 2.45) is 0 Å². The largest absolute Gasteiger partial charge is 0.338 e. The molecule has 0 bridgehead atoms. The molecule has 0 atom stereocenters. The Bertz CT molecular complexity index is 595. The van der Waals surface area contributed by atoms with Gasteiger partial charge in [0.1, 0.15) is 0 Å². The van der Waals surface area contributed by atoms with Crippen molar-refractivity contribution in [1.29, 1.82) is 0 Å². The summed E-state index contributed by atoms with van der Waals surface area (Å²) < 4.78 is 2.01. The van der Waals surface area contributed by atoms with Crippen LogP contribution >= 0.6 is 0 Å². The molecule has 1 aromatic heterocycles. The van der Waals surface area contributed by atoms with E-state index in [-0.39, 0.29) is 5.91 Å². The van der Waals surface area contributed by atoms with Gasteiger partial charge in [-0.25, -0.2) is 0 Å². The topological polar surface area (TPSA) is 57.5 Å². The number of amides is 1. The van der Waals surface area contributed by atoms with E-state index in [0.717, 1.165) is 70.6 Å². The molecular weight excluding hydrogens is 316 g/mol. The van der Waals surface area contributed by atoms with E-state index >= 15 is 0 Å². The third-order valence-electron chi connectivity index (χ3n) is 6.07. The highest BCUT2D eigenvalue weighted by molar-refractivity contribution is 5.91. The summed E-state index contributed by atoms with van der Waals surface area (Å²) in [7, 11) is 0. The van der Waals surface area contributed by atoms with Crippen LogP contribution in [-0.2, 0) is 6.54 Å². The molecule has 2 aliphatic heterocycles. The van der Waals surface area contributed by atoms with Gasteiger partial charge < -0.3 is 9.80 Å². The average Bonchev–Trinajstić information content (AvgIpc) is 3.42. The summed E-state index contributed by atoms with van der Waals surface area (Å²) in [6.45, 7) is 8.66. The molecule has 7 nitrogen and oxygen atoms in total. The Morgan fingerprint density at radius 3 is 2.28 bits per heavy atom. The average molecular weight is 346 g/mol. The maximum absolute atomic E-state index is 12.7. The standard InChI is InChI=1S/C18H30N6O/c1-2-24-16(17(25)22-9-5-6-10-22)19-20-18(24)23-13-11-21(12-14-23)15-7-3-4-8-15/h15H,2-14H2,1H3. The summed E-state index contributed by atoms with van der Waals surface area (Å²) in [6.07, 6.45) is 7.69. The molecule has 0 spiro atoms. The molecule has 25 heavy (non-hydrogen) atoms. The van der Waals surface area contributed by atoms with Crippen molar-refractivity contribution in [2.45, 2.75) is 58.0 Å². The number of carbonyl (C=O) groups excluding carboxylic acids is 1. The zero-order valence-corrected chi connectivity index (χ0v) is 15.4. The summed E-state index contributed by atoms with van der Waals surface area (Å²) >= 11 is 0. The molecule has 1 amide bonds. The Balaban J connectivity index is 1.45. The predicted octanol–water partition coefficient (Wildman–Crippen LogP) is 1.60. The second-order valence-electron chi connectivity index (χ2n) is 7.53. The van der Waals surface area contributed by atoms with E-state index in [1.807, 2.05) is 9.47 Å². The molecule has 0 unspecified atom stereocenters. The van der Waals surface area contributed by atoms with E-state index in [1.54, 1.807) is 0 Å². The van der Waals surface area contributed by atoms with Crippen LogP contribution in [0.4, 0.5) is 5.95 Å². The molecule has 7 heteroatoms. The highest BCUT2D eigenvalue weighted by Crippen LogP contribution is 2.25. The van der Waals surface area contributed by atoms with Crippen LogP contribution in [0.1, 0.15) is 56.1 Å². The smallest absolute Gasteiger partial charge is 0.291 e. The van der Waals surface area contributed by atoms with Gasteiger partial charge in [-0.1, -0.05) is 12.8 Å². The molecule has 2 saturated heterocycles. The first kappa shape index (κ1) is 16.8. The van der Waals surface area contributed by atoms with Gasteiger partial charge in [-0.2, -0.15) is 0 Å². The second kappa shape index (κ2) is 7.32. The number of nitrogens with zero attached hydrogens (tertiary/aromatic N) is 6. The van der Waals surface area contributed by atoms with Crippen molar-refractivity contribution in [2.75, 3.05) is 44.2 Å². The maximum Gasteiger partial charge on any atom is 0.291 e. The van der Waals surface area contributed by atoms with Gasteiger partial charge >= 0.3 is 0 Å². The molecule has 1 aliphatic carbocycles. The van der Waals surface area contributed by atoms with Crippen LogP contribution in [0.25, 0.3) is 0 Å². The third kappa shape index (κ3) is 3.26. The highest BCUT2D eigenvalue weighted by atomic mass is 16.2. The third-order valence-corrected chi connectivity index (χ3v) is 6.07. The molecule has 3 heterocycles. The van der Waals surface area contributed by atoms with E-state index in [4.69, 9.17) is 0 Å². The lowest BCUT2D eigenvalue weighted by atomic mass is 10.2. The normalized spacial score (nSPS) is 22.9. The van der Waals surface area contributed by atoms with E-state index in [9.17, 15) is 4.79 Å². The van der Waals surface area contributed by atoms with Gasteiger partial charge in [-0.05, 0) is 32.6 Å². The first-order valence-corrected chi connectivity index (χ1v) is 9.99. The molecule has 0 aromatic carbocycles. The zero-order chi connectivity index (χ0) is 17.2. The Hall–Kier alpha value is -1.63. The van der Waals surface area contributed by atoms with Crippen molar-refractivity contribution < 1.29 is 4.79 Å². The van der Waals surface area contributed by atoms with Gasteiger partial charge in [0.05, 0.1) is 0 Å². The number of carbonyl (C=O) groups is 1. The molecule has 4 rings (SSSR count). The lowest BCUT2D eigenvalue weighted by Gasteiger charge is -2.38. The number of rotatable bonds is 4. The van der Waals surface area contributed by atoms with Crippen LogP contribution in [-0.4, -0.2) is 75.8 Å². The molecule has 0 N–H and O–H groups in total. The minimum Gasteiger partial charge on any atom is -0.338 e. The van der Waals surface area contributed by atoms with Crippen LogP contribution in [0.3, 0.4) is 0 Å². The first-order valence-electron chi connectivity index (χ1n) is 9.99. The minimum atomic E-state index is 0.0442. The van der Waals surface area contributed by atoms with Crippen LogP contribution in [0.5, 0.6) is 0 Å². The fourth-order valence-corrected chi connectivity index (χ4v) is 4.60. The van der Waals surface area contributed by atoms with E-state index < -0.39 is 0 Å². The van der Waals surface area contributed by atoms with Gasteiger partial charge in [-0.15, -0.1) is 10.2 Å². The van der Waals surface area contributed by atoms with Gasteiger partial charge in [0.15, 0.2) is 0 Å². The van der Waals surface area contributed by atoms with E-state index in [2.05, 4.69) is 26.9 Å². The summed E-state index contributed by atoms with van der Waals surface area (Å²) in [5, 5.41) is 8.67. The Morgan fingerprint density at radius 1 is 0.960 bits per heavy atom. The Labute approximate surface area is 150 Å². The SMILES string of the molecule is CCn1c(C(=O)N2CCCC2)nnc1N1CCN(C2CCCC2)CC1. The van der Waals surface area contributed by atoms with Crippen LogP contribution in [0.15, 0.2) is 0 Å². The van der Waals surface area contributed by atoms with Gasteiger partial charge in [0.25, 0.3) is 5.91 Å². The van der Waals surface area contributed by atoms with Crippen molar-refractivity contribution in [3.8, 4) is 0 Å². The fraction of sp³-hybridized carbons (Fsp3) is 0.833. The minimum absolute atomic E-state index is 0.0442. The summed E-state index contributed by atoms with van der Waals surface area (Å²) in [6, 6.07) is 0.790. The quantitative estimate of drug-likeness (QED) is 0.829. The van der Waals surface area contributed by atoms with Gasteiger partial charge in [-0.3, -0.25) is 14.3 Å². The summed E-state index contributed by atoms with van der Waals surface area (Å²) in [5.41, 5.74) is 0. The van der Waals surface area contributed by atoms with Crippen molar-refractivity contribution in [3.63, 3.8) is 0 Å². The number of anilines is 1. The first-order chi connectivity index (χ1) is 12.3. The van der Waals surface area contributed by atoms with Crippen molar-refractivity contribution >= 4 is 11.9 Å². The molecule has 0 radical (unpaired) electrons. The van der Waals surface area contributed by atoms with Crippen molar-refractivity contribution in [3.05, 3.63) is 5.82 Å². The summed E-state index contributed by atoms with van der Waals surface area (Å²) in [5.74, 6) is 1.43. The van der Waals surface area contributed by atoms with Crippen LogP contribution in [0, 0.1) is 0 Å². The number of aromatic nitrogens is 3. The molecule has 1 aromatic rings. The molecule has 3 fully saturated rings. The Morgan fingerprint density at radius 2 is 1.64 bits per heavy atom. The number of piperazine rings is 1. The highest BCUT2D eigenvalue weighted by Gasteiger charge is 2.30. The molecular formula is C18H30N6O. The van der Waals surface area contributed by atoms with E-state index in [1.165, 1.54) is 25.7 Å². The second-order valence-corrected chi connectivity index (χ2v) is 7.53. The van der Waals surface area contributed by atoms with Crippen molar-refractivity contribution in [1.82, 2.24) is 24.6 Å². The van der Waals surface area contributed by atoms with Gasteiger partial charge in [0, 0.05) is 51.9 Å². The zero-order valence-electron chi connectivity index (χ0n) is 15.4. The van der Waals surface area contributed by atoms with E-state index in [0.29, 0.717) is 5.82 Å². The number of likely N-dealkylation sites (tertiary alicyclic amines) is 1. The lowest BCUT2D eigenvalue weighted by Crippen LogP contribution is -2.50. The molecule has 138 valence electrons. The maximum atomic E-state index is 12.7. The molecule has 3 aliphatic rings. The Kier molecular flexibility index (Phi) is 4.92. The monoisotopic (exact) mass is 346 g/mol. The van der Waals surface area contributed by atoms with Crippen LogP contribution in [0.2, 0.25) is 0 Å². The lowest BCUT2D eigenvalue weighted by molar-refractivity contribution is 0.0775. The number of hydrogen-bond donors (Lipinski definition) is 0. The van der Waals surface area contributed by atoms with Gasteiger partial charge in [0.2, 0.25) is 11.8 Å². The molecule has 1 saturated carbocycles. The predicted molar refractivity (Wildman–Crippen MR) is 96.9 cm³/mol. The number of hydrogen-bond acceptors (Lipinski definition) is 5. The van der Waals surface area contributed by atoms with Crippen LogP contribution < -0.4 is 4.90 Å². The fourth-order valence-electron chi connectivity index (χ4n) is 4.60. The summed E-state index contributed by atoms with van der Waals surface area (Å²) in [4.78, 5) is 19.6.